The minimum Gasteiger partial charge on any atom is -0.361 e. The highest BCUT2D eigenvalue weighted by Gasteiger charge is 2.11. The van der Waals surface area contributed by atoms with Crippen molar-refractivity contribution in [2.75, 3.05) is 6.54 Å². The Balaban J connectivity index is 1.54. The van der Waals surface area contributed by atoms with Crippen LogP contribution in [0.4, 0.5) is 0 Å². The number of hydrogen-bond acceptors (Lipinski definition) is 6. The van der Waals surface area contributed by atoms with Gasteiger partial charge in [-0.05, 0) is 32.4 Å². The third-order valence-electron chi connectivity index (χ3n) is 3.05. The Bertz CT molecular complexity index is 788. The number of thiazole rings is 1. The van der Waals surface area contributed by atoms with E-state index in [1.165, 1.54) is 4.88 Å². The predicted molar refractivity (Wildman–Crippen MR) is 87.4 cm³/mol. The topological polar surface area (TPSA) is 68.0 Å². The van der Waals surface area contributed by atoms with Gasteiger partial charge in [-0.1, -0.05) is 5.16 Å². The average Bonchev–Trinajstić information content (AvgIpc) is 3.19. The van der Waals surface area contributed by atoms with Crippen LogP contribution in [0, 0.1) is 13.8 Å². The fourth-order valence-corrected chi connectivity index (χ4v) is 3.65. The van der Waals surface area contributed by atoms with Crippen molar-refractivity contribution >= 4 is 28.6 Å². The Hall–Kier alpha value is -1.99. The number of thiophene rings is 1. The molecule has 1 N–H and O–H groups in total. The van der Waals surface area contributed by atoms with Crippen molar-refractivity contribution in [2.45, 2.75) is 20.3 Å². The fraction of sp³-hybridized carbons (Fsp3) is 0.267. The van der Waals surface area contributed by atoms with E-state index in [9.17, 15) is 4.79 Å². The lowest BCUT2D eigenvalue weighted by Crippen LogP contribution is -2.25. The zero-order chi connectivity index (χ0) is 15.5. The lowest BCUT2D eigenvalue weighted by Gasteiger charge is -2.00. The summed E-state index contributed by atoms with van der Waals surface area (Å²) < 4.78 is 4.89. The van der Waals surface area contributed by atoms with Crippen LogP contribution in [0.1, 0.15) is 26.1 Å². The molecule has 5 nitrogen and oxygen atoms in total. The molecule has 22 heavy (non-hydrogen) atoms. The van der Waals surface area contributed by atoms with Gasteiger partial charge in [0.1, 0.15) is 5.76 Å². The lowest BCUT2D eigenvalue weighted by molar-refractivity contribution is 0.0945. The van der Waals surface area contributed by atoms with Crippen LogP contribution in [0.3, 0.4) is 0 Å². The number of rotatable bonds is 5. The molecule has 0 aromatic carbocycles. The average molecular weight is 333 g/mol. The highest BCUT2D eigenvalue weighted by Crippen LogP contribution is 2.29. The van der Waals surface area contributed by atoms with Crippen LogP contribution in [0.2, 0.25) is 0 Å². The summed E-state index contributed by atoms with van der Waals surface area (Å²) in [6.45, 7) is 4.34. The van der Waals surface area contributed by atoms with Gasteiger partial charge in [-0.3, -0.25) is 4.79 Å². The van der Waals surface area contributed by atoms with Crippen LogP contribution < -0.4 is 5.32 Å². The molecule has 114 valence electrons. The van der Waals surface area contributed by atoms with Crippen LogP contribution in [-0.4, -0.2) is 22.6 Å². The van der Waals surface area contributed by atoms with E-state index in [1.54, 1.807) is 35.7 Å². The maximum absolute atomic E-state index is 11.8. The summed E-state index contributed by atoms with van der Waals surface area (Å²) >= 11 is 3.36. The summed E-state index contributed by atoms with van der Waals surface area (Å²) in [5, 5.41) is 9.68. The van der Waals surface area contributed by atoms with Crippen LogP contribution in [0.25, 0.3) is 10.6 Å². The second-order valence-electron chi connectivity index (χ2n) is 4.85. The summed E-state index contributed by atoms with van der Waals surface area (Å²) in [5.41, 5.74) is 1.35. The van der Waals surface area contributed by atoms with Gasteiger partial charge >= 0.3 is 0 Å². The molecule has 0 radical (unpaired) electrons. The number of nitrogens with zero attached hydrogens (tertiary/aromatic N) is 2. The van der Waals surface area contributed by atoms with Crippen LogP contribution >= 0.6 is 22.7 Å². The number of hydrogen-bond donors (Lipinski definition) is 1. The molecule has 0 unspecified atom stereocenters. The van der Waals surface area contributed by atoms with E-state index >= 15 is 0 Å². The molecule has 0 fully saturated rings. The Labute approximate surface area is 136 Å². The number of aryl methyl sites for hydroxylation is 2. The van der Waals surface area contributed by atoms with Crippen LogP contribution in [0.15, 0.2) is 28.1 Å². The zero-order valence-electron chi connectivity index (χ0n) is 12.3. The van der Waals surface area contributed by atoms with Crippen molar-refractivity contribution in [1.29, 1.82) is 0 Å². The molecule has 0 saturated heterocycles. The Kier molecular flexibility index (Phi) is 4.35. The highest BCUT2D eigenvalue weighted by molar-refractivity contribution is 7.16. The number of nitrogens with one attached hydrogen (secondary N) is 1. The summed E-state index contributed by atoms with van der Waals surface area (Å²) in [5.74, 6) is 0.426. The summed E-state index contributed by atoms with van der Waals surface area (Å²) in [4.78, 5) is 18.7. The van der Waals surface area contributed by atoms with Gasteiger partial charge in [-0.2, -0.15) is 0 Å². The predicted octanol–water partition coefficient (Wildman–Crippen LogP) is 3.45. The highest BCUT2D eigenvalue weighted by atomic mass is 32.1. The second kappa shape index (κ2) is 6.41. The first-order chi connectivity index (χ1) is 10.6. The molecule has 0 aliphatic heterocycles. The summed E-state index contributed by atoms with van der Waals surface area (Å²) in [6, 6.07) is 5.79. The molecule has 0 bridgehead atoms. The Morgan fingerprint density at radius 3 is 2.91 bits per heavy atom. The minimum atomic E-state index is -0.205. The van der Waals surface area contributed by atoms with Gasteiger partial charge in [0.05, 0.1) is 15.6 Å². The molecule has 7 heteroatoms. The van der Waals surface area contributed by atoms with Crippen molar-refractivity contribution in [1.82, 2.24) is 15.5 Å². The number of carbonyl (C=O) groups is 1. The minimum absolute atomic E-state index is 0.205. The van der Waals surface area contributed by atoms with Gasteiger partial charge in [0, 0.05) is 22.9 Å². The van der Waals surface area contributed by atoms with E-state index in [0.717, 1.165) is 22.0 Å². The van der Waals surface area contributed by atoms with Gasteiger partial charge in [0.15, 0.2) is 5.69 Å². The number of carbonyl (C=O) groups excluding carboxylic acids is 1. The van der Waals surface area contributed by atoms with Gasteiger partial charge in [0.2, 0.25) is 0 Å². The monoisotopic (exact) mass is 333 g/mol. The van der Waals surface area contributed by atoms with E-state index in [4.69, 9.17) is 4.52 Å². The molecular formula is C15H15N3O2S2. The van der Waals surface area contributed by atoms with E-state index in [2.05, 4.69) is 33.0 Å². The largest absolute Gasteiger partial charge is 0.361 e. The molecule has 1 amide bonds. The second-order valence-corrected chi connectivity index (χ2v) is 7.08. The van der Waals surface area contributed by atoms with Crippen LogP contribution in [0.5, 0.6) is 0 Å². The molecule has 3 aromatic rings. The Morgan fingerprint density at radius 2 is 2.23 bits per heavy atom. The SMILES string of the molecule is Cc1cc(C(=O)NCCc2ccc(-c3csc(C)n3)s2)no1. The van der Waals surface area contributed by atoms with Crippen molar-refractivity contribution in [3.8, 4) is 10.6 Å². The van der Waals surface area contributed by atoms with Crippen molar-refractivity contribution in [3.63, 3.8) is 0 Å². The first kappa shape index (κ1) is 14.9. The van der Waals surface area contributed by atoms with Gasteiger partial charge < -0.3 is 9.84 Å². The zero-order valence-corrected chi connectivity index (χ0v) is 13.9. The molecule has 3 heterocycles. The maximum Gasteiger partial charge on any atom is 0.273 e. The summed E-state index contributed by atoms with van der Waals surface area (Å²) in [6.07, 6.45) is 0.788. The molecular weight excluding hydrogens is 318 g/mol. The normalized spacial score (nSPS) is 10.8. The molecule has 0 aliphatic rings. The molecule has 3 aromatic heterocycles. The Morgan fingerprint density at radius 1 is 1.36 bits per heavy atom. The molecule has 0 saturated carbocycles. The first-order valence-electron chi connectivity index (χ1n) is 6.84. The standard InChI is InChI=1S/C15H15N3O2S2/c1-9-7-12(18-20-9)15(19)16-6-5-11-3-4-14(22-11)13-8-21-10(2)17-13/h3-4,7-8H,5-6H2,1-2H3,(H,16,19). The third kappa shape index (κ3) is 3.42. The smallest absolute Gasteiger partial charge is 0.273 e. The van der Waals surface area contributed by atoms with Crippen molar-refractivity contribution in [2.24, 2.45) is 0 Å². The van der Waals surface area contributed by atoms with Crippen molar-refractivity contribution in [3.05, 3.63) is 44.9 Å². The van der Waals surface area contributed by atoms with E-state index in [0.29, 0.717) is 18.0 Å². The number of aromatic nitrogens is 2. The van der Waals surface area contributed by atoms with E-state index in [1.807, 2.05) is 6.92 Å². The maximum atomic E-state index is 11.8. The number of amides is 1. The van der Waals surface area contributed by atoms with Crippen molar-refractivity contribution < 1.29 is 9.32 Å². The van der Waals surface area contributed by atoms with E-state index < -0.39 is 0 Å². The quantitative estimate of drug-likeness (QED) is 0.776. The van der Waals surface area contributed by atoms with Gasteiger partial charge in [0.25, 0.3) is 5.91 Å². The molecule has 0 spiro atoms. The van der Waals surface area contributed by atoms with E-state index in [-0.39, 0.29) is 5.91 Å². The third-order valence-corrected chi connectivity index (χ3v) is 4.99. The van der Waals surface area contributed by atoms with Gasteiger partial charge in [-0.25, -0.2) is 4.98 Å². The lowest BCUT2D eigenvalue weighted by atomic mass is 10.3. The fourth-order valence-electron chi connectivity index (χ4n) is 1.99. The molecule has 3 rings (SSSR count). The summed E-state index contributed by atoms with van der Waals surface area (Å²) in [7, 11) is 0. The molecule has 0 atom stereocenters. The molecule has 0 aliphatic carbocycles. The van der Waals surface area contributed by atoms with Crippen LogP contribution in [-0.2, 0) is 6.42 Å². The van der Waals surface area contributed by atoms with Gasteiger partial charge in [-0.15, -0.1) is 22.7 Å². The first-order valence-corrected chi connectivity index (χ1v) is 8.54.